The number of furan rings is 1. The molecule has 5 rings (SSSR count). The van der Waals surface area contributed by atoms with E-state index in [2.05, 4.69) is 25.4 Å². The summed E-state index contributed by atoms with van der Waals surface area (Å²) in [5.41, 5.74) is 1.13. The Labute approximate surface area is 215 Å². The van der Waals surface area contributed by atoms with Gasteiger partial charge in [-0.15, -0.1) is 21.5 Å². The lowest BCUT2D eigenvalue weighted by molar-refractivity contribution is 0.0374. The first kappa shape index (κ1) is 24.6. The molecule has 0 bridgehead atoms. The molecule has 0 radical (unpaired) electrons. The van der Waals surface area contributed by atoms with Gasteiger partial charge in [-0.2, -0.15) is 0 Å². The Hall–Kier alpha value is -3.06. The summed E-state index contributed by atoms with van der Waals surface area (Å²) in [4.78, 5) is 19.4. The summed E-state index contributed by atoms with van der Waals surface area (Å²) < 4.78 is 26.2. The van der Waals surface area contributed by atoms with Crippen LogP contribution in [0.5, 0.6) is 0 Å². The number of benzene rings is 1. The van der Waals surface area contributed by atoms with E-state index in [1.807, 2.05) is 4.57 Å². The Balaban J connectivity index is 1.20. The van der Waals surface area contributed by atoms with Gasteiger partial charge in [-0.25, -0.2) is 9.37 Å². The van der Waals surface area contributed by atoms with Crippen LogP contribution in [0.3, 0.4) is 0 Å². The highest BCUT2D eigenvalue weighted by atomic mass is 32.2. The Morgan fingerprint density at radius 2 is 2.00 bits per heavy atom. The number of carbonyl (C=O) groups is 1. The van der Waals surface area contributed by atoms with Crippen LogP contribution < -0.4 is 5.32 Å². The number of aromatic nitrogens is 4. The van der Waals surface area contributed by atoms with E-state index in [-0.39, 0.29) is 11.7 Å². The SMILES string of the molecule is O=C(NCCCN1CCOCC1)c1csc(CSc2nnc(-c3ccco3)n2-c2ccc(F)cc2)n1. The molecule has 36 heavy (non-hydrogen) atoms. The number of thioether (sulfide) groups is 1. The van der Waals surface area contributed by atoms with Gasteiger partial charge in [-0.1, -0.05) is 11.8 Å². The normalized spacial score (nSPS) is 14.2. The van der Waals surface area contributed by atoms with E-state index in [1.54, 1.807) is 35.9 Å². The zero-order valence-corrected chi connectivity index (χ0v) is 21.1. The molecule has 1 aliphatic rings. The predicted molar refractivity (Wildman–Crippen MR) is 135 cm³/mol. The van der Waals surface area contributed by atoms with E-state index in [0.717, 1.165) is 44.3 Å². The van der Waals surface area contributed by atoms with Gasteiger partial charge in [-0.3, -0.25) is 14.3 Å². The number of amides is 1. The molecule has 1 fully saturated rings. The average Bonchev–Trinajstić information content (AvgIpc) is 3.67. The first-order valence-electron chi connectivity index (χ1n) is 11.6. The molecule has 0 unspecified atom stereocenters. The Morgan fingerprint density at radius 1 is 1.17 bits per heavy atom. The summed E-state index contributed by atoms with van der Waals surface area (Å²) in [6.07, 6.45) is 2.45. The lowest BCUT2D eigenvalue weighted by Gasteiger charge is -2.26. The van der Waals surface area contributed by atoms with E-state index in [9.17, 15) is 9.18 Å². The van der Waals surface area contributed by atoms with Crippen molar-refractivity contribution in [1.29, 1.82) is 0 Å². The van der Waals surface area contributed by atoms with E-state index < -0.39 is 0 Å². The van der Waals surface area contributed by atoms with E-state index >= 15 is 0 Å². The highest BCUT2D eigenvalue weighted by molar-refractivity contribution is 7.98. The van der Waals surface area contributed by atoms with Gasteiger partial charge < -0.3 is 14.5 Å². The molecule has 4 heterocycles. The van der Waals surface area contributed by atoms with Crippen LogP contribution in [0.15, 0.2) is 57.6 Å². The number of rotatable bonds is 10. The van der Waals surface area contributed by atoms with Crippen LogP contribution in [0.4, 0.5) is 4.39 Å². The van der Waals surface area contributed by atoms with E-state index in [0.29, 0.717) is 40.4 Å². The van der Waals surface area contributed by atoms with Crippen molar-refractivity contribution < 1.29 is 18.3 Å². The molecule has 1 aromatic carbocycles. The molecular weight excluding hydrogens is 503 g/mol. The van der Waals surface area contributed by atoms with Crippen molar-refractivity contribution in [3.05, 3.63) is 64.6 Å². The Kier molecular flexibility index (Phi) is 8.06. The van der Waals surface area contributed by atoms with Gasteiger partial charge in [0.15, 0.2) is 10.9 Å². The van der Waals surface area contributed by atoms with Crippen LogP contribution in [-0.4, -0.2) is 69.9 Å². The van der Waals surface area contributed by atoms with Gasteiger partial charge in [0.1, 0.15) is 16.5 Å². The molecule has 0 spiro atoms. The third kappa shape index (κ3) is 6.01. The van der Waals surface area contributed by atoms with E-state index in [1.165, 1.54) is 35.2 Å². The maximum absolute atomic E-state index is 13.5. The average molecular weight is 529 g/mol. The molecular formula is C24H25FN6O3S2. The lowest BCUT2D eigenvalue weighted by Crippen LogP contribution is -2.38. The fraction of sp³-hybridized carbons (Fsp3) is 0.333. The number of ether oxygens (including phenoxy) is 1. The fourth-order valence-electron chi connectivity index (χ4n) is 3.78. The molecule has 1 saturated heterocycles. The molecule has 1 amide bonds. The molecule has 0 atom stereocenters. The third-order valence-corrected chi connectivity index (χ3v) is 7.58. The number of halogens is 1. The summed E-state index contributed by atoms with van der Waals surface area (Å²) in [5, 5.41) is 14.7. The predicted octanol–water partition coefficient (Wildman–Crippen LogP) is 3.87. The maximum Gasteiger partial charge on any atom is 0.270 e. The Bertz CT molecular complexity index is 1270. The van der Waals surface area contributed by atoms with Crippen LogP contribution >= 0.6 is 23.1 Å². The van der Waals surface area contributed by atoms with Crippen molar-refractivity contribution in [2.75, 3.05) is 39.4 Å². The monoisotopic (exact) mass is 528 g/mol. The zero-order chi connectivity index (χ0) is 24.7. The van der Waals surface area contributed by atoms with Crippen molar-refractivity contribution in [2.24, 2.45) is 0 Å². The van der Waals surface area contributed by atoms with Crippen molar-refractivity contribution in [3.63, 3.8) is 0 Å². The minimum Gasteiger partial charge on any atom is -0.461 e. The molecule has 0 aliphatic carbocycles. The maximum atomic E-state index is 13.5. The van der Waals surface area contributed by atoms with Crippen molar-refractivity contribution in [3.8, 4) is 17.3 Å². The van der Waals surface area contributed by atoms with Crippen molar-refractivity contribution >= 4 is 29.0 Å². The second-order valence-corrected chi connectivity index (χ2v) is 9.96. The number of carbonyl (C=O) groups excluding carboxylic acids is 1. The largest absolute Gasteiger partial charge is 0.461 e. The van der Waals surface area contributed by atoms with Crippen molar-refractivity contribution in [1.82, 2.24) is 30.0 Å². The smallest absolute Gasteiger partial charge is 0.270 e. The second kappa shape index (κ2) is 11.8. The van der Waals surface area contributed by atoms with Gasteiger partial charge in [0.25, 0.3) is 5.91 Å². The highest BCUT2D eigenvalue weighted by Gasteiger charge is 2.19. The van der Waals surface area contributed by atoms with Crippen LogP contribution in [0.2, 0.25) is 0 Å². The summed E-state index contributed by atoms with van der Waals surface area (Å²) in [5.74, 6) is 1.09. The first-order chi connectivity index (χ1) is 17.7. The molecule has 1 N–H and O–H groups in total. The molecule has 188 valence electrons. The van der Waals surface area contributed by atoms with E-state index in [4.69, 9.17) is 9.15 Å². The Morgan fingerprint density at radius 3 is 2.78 bits per heavy atom. The van der Waals surface area contributed by atoms with Crippen LogP contribution in [0.25, 0.3) is 17.3 Å². The molecule has 0 saturated carbocycles. The van der Waals surface area contributed by atoms with Crippen LogP contribution in [0.1, 0.15) is 21.9 Å². The van der Waals surface area contributed by atoms with Gasteiger partial charge in [0.2, 0.25) is 5.82 Å². The molecule has 12 heteroatoms. The van der Waals surface area contributed by atoms with Crippen LogP contribution in [0, 0.1) is 5.82 Å². The summed E-state index contributed by atoms with van der Waals surface area (Å²) in [6, 6.07) is 9.69. The van der Waals surface area contributed by atoms with Gasteiger partial charge >= 0.3 is 0 Å². The molecule has 3 aromatic heterocycles. The number of hydrogen-bond donors (Lipinski definition) is 1. The first-order valence-corrected chi connectivity index (χ1v) is 13.4. The number of hydrogen-bond acceptors (Lipinski definition) is 9. The summed E-state index contributed by atoms with van der Waals surface area (Å²) in [6.45, 7) is 4.98. The quantitative estimate of drug-likeness (QED) is 0.245. The molecule has 4 aromatic rings. The number of morpholine rings is 1. The topological polar surface area (TPSA) is 98.3 Å². The minimum absolute atomic E-state index is 0.168. The number of nitrogens with one attached hydrogen (secondary N) is 1. The van der Waals surface area contributed by atoms with Gasteiger partial charge in [0.05, 0.1) is 30.9 Å². The number of thiazole rings is 1. The van der Waals surface area contributed by atoms with Crippen LogP contribution in [-0.2, 0) is 10.5 Å². The summed E-state index contributed by atoms with van der Waals surface area (Å²) >= 11 is 2.86. The number of nitrogens with zero attached hydrogens (tertiary/aromatic N) is 5. The standard InChI is InChI=1S/C24H25FN6O3S2/c25-17-4-6-18(7-5-17)31-22(20-3-1-12-34-20)28-29-24(31)36-16-21-27-19(15-35-21)23(32)26-8-2-9-30-10-13-33-14-11-30/h1,3-7,12,15H,2,8-11,13-14,16H2,(H,26,32). The minimum atomic E-state index is -0.324. The second-order valence-electron chi connectivity index (χ2n) is 8.07. The molecule has 1 aliphatic heterocycles. The summed E-state index contributed by atoms with van der Waals surface area (Å²) in [7, 11) is 0. The fourth-order valence-corrected chi connectivity index (χ4v) is 5.52. The third-order valence-electron chi connectivity index (χ3n) is 5.61. The molecule has 9 nitrogen and oxygen atoms in total. The van der Waals surface area contributed by atoms with Gasteiger partial charge in [-0.05, 0) is 49.4 Å². The highest BCUT2D eigenvalue weighted by Crippen LogP contribution is 2.30. The van der Waals surface area contributed by atoms with Gasteiger partial charge in [0, 0.05) is 25.0 Å². The van der Waals surface area contributed by atoms with Crippen molar-refractivity contribution in [2.45, 2.75) is 17.3 Å². The zero-order valence-electron chi connectivity index (χ0n) is 19.4. The lowest BCUT2D eigenvalue weighted by atomic mass is 10.3.